The van der Waals surface area contributed by atoms with Gasteiger partial charge in [-0.15, -0.1) is 6.42 Å². The molecule has 0 radical (unpaired) electrons. The van der Waals surface area contributed by atoms with E-state index in [4.69, 9.17) is 27.5 Å². The molecule has 0 N–H and O–H groups in total. The van der Waals surface area contributed by atoms with Gasteiger partial charge in [-0.2, -0.15) is 0 Å². The van der Waals surface area contributed by atoms with Crippen LogP contribution in [0.1, 0.15) is 15.9 Å². The van der Waals surface area contributed by atoms with E-state index in [2.05, 4.69) is 5.92 Å². The van der Waals surface area contributed by atoms with E-state index in [0.717, 1.165) is 5.56 Å². The first-order valence-electron chi connectivity index (χ1n) is 6.37. The maximum Gasteiger partial charge on any atom is 0.339 e. The summed E-state index contributed by atoms with van der Waals surface area (Å²) in [6.45, 7) is 0.139. The molecule has 0 atom stereocenters. The van der Waals surface area contributed by atoms with Crippen LogP contribution >= 0.6 is 11.6 Å². The molecule has 0 aliphatic carbocycles. The molecule has 0 aliphatic heterocycles. The number of rotatable bonds is 5. The van der Waals surface area contributed by atoms with Gasteiger partial charge in [0.25, 0.3) is 0 Å². The molecule has 22 heavy (non-hydrogen) atoms. The van der Waals surface area contributed by atoms with Crippen LogP contribution in [0.15, 0.2) is 42.5 Å². The maximum absolute atomic E-state index is 12.8. The van der Waals surface area contributed by atoms with Crippen molar-refractivity contribution in [1.29, 1.82) is 0 Å². The Morgan fingerprint density at radius 1 is 1.23 bits per heavy atom. The Kier molecular flexibility index (Phi) is 5.40. The van der Waals surface area contributed by atoms with Crippen LogP contribution in [-0.2, 0) is 11.3 Å². The Hall–Kier alpha value is -2.51. The lowest BCUT2D eigenvalue weighted by Crippen LogP contribution is -2.05. The minimum atomic E-state index is -0.551. The van der Waals surface area contributed by atoms with E-state index in [1.807, 2.05) is 0 Å². The molecule has 2 aromatic rings. The van der Waals surface area contributed by atoms with Crippen molar-refractivity contribution in [3.63, 3.8) is 0 Å². The molecule has 0 saturated carbocycles. The first kappa shape index (κ1) is 15.9. The summed E-state index contributed by atoms with van der Waals surface area (Å²) < 4.78 is 23.1. The Labute approximate surface area is 132 Å². The molecule has 112 valence electrons. The SMILES string of the molecule is C#CCOC(=O)c1ccc(OCc2ccc(F)cc2)c(Cl)c1. The summed E-state index contributed by atoms with van der Waals surface area (Å²) in [5.41, 5.74) is 1.09. The lowest BCUT2D eigenvalue weighted by molar-refractivity contribution is 0.0556. The van der Waals surface area contributed by atoms with Gasteiger partial charge in [0, 0.05) is 0 Å². The number of hydrogen-bond donors (Lipinski definition) is 0. The molecular formula is C17H12ClFO3. The van der Waals surface area contributed by atoms with Crippen molar-refractivity contribution in [2.75, 3.05) is 6.61 Å². The van der Waals surface area contributed by atoms with E-state index in [1.54, 1.807) is 18.2 Å². The molecule has 0 amide bonds. The molecule has 2 rings (SSSR count). The highest BCUT2D eigenvalue weighted by Crippen LogP contribution is 2.26. The maximum atomic E-state index is 12.8. The summed E-state index contributed by atoms with van der Waals surface area (Å²) >= 11 is 6.07. The minimum Gasteiger partial charge on any atom is -0.487 e. The highest BCUT2D eigenvalue weighted by Gasteiger charge is 2.10. The normalized spacial score (nSPS) is 9.86. The van der Waals surface area contributed by atoms with Gasteiger partial charge in [0.15, 0.2) is 6.61 Å². The molecule has 0 unspecified atom stereocenters. The zero-order chi connectivity index (χ0) is 15.9. The van der Waals surface area contributed by atoms with Crippen LogP contribution in [-0.4, -0.2) is 12.6 Å². The zero-order valence-electron chi connectivity index (χ0n) is 11.5. The summed E-state index contributed by atoms with van der Waals surface area (Å²) in [5.74, 6) is 1.77. The van der Waals surface area contributed by atoms with Crippen LogP contribution in [0.4, 0.5) is 4.39 Å². The van der Waals surface area contributed by atoms with E-state index in [0.29, 0.717) is 5.75 Å². The standard InChI is InChI=1S/C17H12ClFO3/c1-2-9-21-17(20)13-5-8-16(15(18)10-13)22-11-12-3-6-14(19)7-4-12/h1,3-8,10H,9,11H2. The number of benzene rings is 2. The average molecular weight is 319 g/mol. The summed E-state index contributed by atoms with van der Waals surface area (Å²) in [4.78, 5) is 11.6. The molecule has 0 saturated heterocycles. The fraction of sp³-hybridized carbons (Fsp3) is 0.118. The van der Waals surface area contributed by atoms with Gasteiger partial charge in [-0.25, -0.2) is 9.18 Å². The smallest absolute Gasteiger partial charge is 0.339 e. The van der Waals surface area contributed by atoms with Crippen molar-refractivity contribution < 1.29 is 18.7 Å². The summed E-state index contributed by atoms with van der Waals surface area (Å²) in [7, 11) is 0. The lowest BCUT2D eigenvalue weighted by Gasteiger charge is -2.09. The highest BCUT2D eigenvalue weighted by molar-refractivity contribution is 6.32. The van der Waals surface area contributed by atoms with E-state index < -0.39 is 5.97 Å². The predicted molar refractivity (Wildman–Crippen MR) is 81.3 cm³/mol. The fourth-order valence-electron chi connectivity index (χ4n) is 1.68. The van der Waals surface area contributed by atoms with Crippen molar-refractivity contribution in [3.8, 4) is 18.1 Å². The van der Waals surface area contributed by atoms with Crippen LogP contribution in [0, 0.1) is 18.2 Å². The zero-order valence-corrected chi connectivity index (χ0v) is 12.3. The van der Waals surface area contributed by atoms with E-state index in [9.17, 15) is 9.18 Å². The summed E-state index contributed by atoms with van der Waals surface area (Å²) in [6, 6.07) is 10.5. The van der Waals surface area contributed by atoms with Crippen molar-refractivity contribution >= 4 is 17.6 Å². The predicted octanol–water partition coefficient (Wildman–Crippen LogP) is 3.85. The quantitative estimate of drug-likeness (QED) is 0.620. The van der Waals surface area contributed by atoms with Gasteiger partial charge in [-0.05, 0) is 35.9 Å². The first-order valence-corrected chi connectivity index (χ1v) is 6.75. The second-order valence-electron chi connectivity index (χ2n) is 4.34. The van der Waals surface area contributed by atoms with Crippen molar-refractivity contribution in [3.05, 3.63) is 64.4 Å². The monoisotopic (exact) mass is 318 g/mol. The number of hydrogen-bond acceptors (Lipinski definition) is 3. The van der Waals surface area contributed by atoms with E-state index in [-0.39, 0.29) is 29.6 Å². The molecule has 0 fully saturated rings. The van der Waals surface area contributed by atoms with Crippen molar-refractivity contribution in [2.45, 2.75) is 6.61 Å². The molecule has 0 bridgehead atoms. The molecule has 0 aliphatic rings. The van der Waals surface area contributed by atoms with Crippen LogP contribution in [0.25, 0.3) is 0 Å². The number of terminal acetylenes is 1. The van der Waals surface area contributed by atoms with Gasteiger partial charge in [0.2, 0.25) is 0 Å². The Morgan fingerprint density at radius 2 is 1.95 bits per heavy atom. The van der Waals surface area contributed by atoms with Crippen LogP contribution in [0.5, 0.6) is 5.75 Å². The third kappa shape index (κ3) is 4.24. The Morgan fingerprint density at radius 3 is 2.59 bits per heavy atom. The third-order valence-electron chi connectivity index (χ3n) is 2.76. The van der Waals surface area contributed by atoms with E-state index in [1.165, 1.54) is 24.3 Å². The molecule has 0 spiro atoms. The van der Waals surface area contributed by atoms with Gasteiger partial charge < -0.3 is 9.47 Å². The Balaban J connectivity index is 2.02. The number of carbonyl (C=O) groups excluding carboxylic acids is 1. The third-order valence-corrected chi connectivity index (χ3v) is 3.06. The van der Waals surface area contributed by atoms with Crippen molar-refractivity contribution in [2.24, 2.45) is 0 Å². The number of esters is 1. The first-order chi connectivity index (χ1) is 10.6. The summed E-state index contributed by atoms with van der Waals surface area (Å²) in [5, 5.41) is 0.275. The average Bonchev–Trinajstić information content (AvgIpc) is 2.53. The largest absolute Gasteiger partial charge is 0.487 e. The Bertz CT molecular complexity index is 705. The fourth-order valence-corrected chi connectivity index (χ4v) is 1.91. The molecule has 2 aromatic carbocycles. The molecule has 5 heteroatoms. The summed E-state index contributed by atoms with van der Waals surface area (Å²) in [6.07, 6.45) is 5.02. The van der Waals surface area contributed by atoms with Gasteiger partial charge in [-0.1, -0.05) is 29.7 Å². The topological polar surface area (TPSA) is 35.5 Å². The van der Waals surface area contributed by atoms with Gasteiger partial charge >= 0.3 is 5.97 Å². The van der Waals surface area contributed by atoms with E-state index >= 15 is 0 Å². The second-order valence-corrected chi connectivity index (χ2v) is 4.75. The molecule has 0 heterocycles. The van der Waals surface area contributed by atoms with Crippen LogP contribution < -0.4 is 4.74 Å². The molecular weight excluding hydrogens is 307 g/mol. The van der Waals surface area contributed by atoms with Gasteiger partial charge in [0.1, 0.15) is 18.2 Å². The number of carbonyl (C=O) groups is 1. The van der Waals surface area contributed by atoms with Crippen LogP contribution in [0.2, 0.25) is 5.02 Å². The minimum absolute atomic E-state index is 0.0979. The van der Waals surface area contributed by atoms with Gasteiger partial charge in [-0.3, -0.25) is 0 Å². The molecule has 3 nitrogen and oxygen atoms in total. The second kappa shape index (κ2) is 7.48. The highest BCUT2D eigenvalue weighted by atomic mass is 35.5. The lowest BCUT2D eigenvalue weighted by atomic mass is 10.2. The number of ether oxygens (including phenoxy) is 2. The van der Waals surface area contributed by atoms with Crippen LogP contribution in [0.3, 0.4) is 0 Å². The van der Waals surface area contributed by atoms with Gasteiger partial charge in [0.05, 0.1) is 10.6 Å². The number of halogens is 2. The molecule has 0 aromatic heterocycles. The van der Waals surface area contributed by atoms with Crippen molar-refractivity contribution in [1.82, 2.24) is 0 Å².